The Morgan fingerprint density at radius 1 is 1.24 bits per heavy atom. The number of hydrogen-bond donors (Lipinski definition) is 3. The first-order valence-corrected chi connectivity index (χ1v) is 8.78. The maximum absolute atomic E-state index is 12.4. The molecule has 2 rings (SSSR count). The van der Waals surface area contributed by atoms with Gasteiger partial charge in [-0.05, 0) is 31.0 Å². The molecule has 0 aromatic heterocycles. The van der Waals surface area contributed by atoms with E-state index in [1.165, 1.54) is 0 Å². The molecule has 0 aliphatic carbocycles. The molecular weight excluding hydrogens is 346 g/mol. The van der Waals surface area contributed by atoms with Crippen LogP contribution in [0.2, 0.25) is 5.02 Å². The molecule has 0 fully saturated rings. The Labute approximate surface area is 152 Å². The summed E-state index contributed by atoms with van der Waals surface area (Å²) in [5.41, 5.74) is 0.382. The number of halogens is 1. The van der Waals surface area contributed by atoms with E-state index >= 15 is 0 Å². The minimum absolute atomic E-state index is 0.0836. The third kappa shape index (κ3) is 6.53. The molecule has 1 aromatic carbocycles. The van der Waals surface area contributed by atoms with Crippen molar-refractivity contribution in [3.63, 3.8) is 0 Å². The molecule has 0 radical (unpaired) electrons. The summed E-state index contributed by atoms with van der Waals surface area (Å²) in [7, 11) is 0. The zero-order valence-corrected chi connectivity index (χ0v) is 14.8. The van der Waals surface area contributed by atoms with Crippen molar-refractivity contribution < 1.29 is 19.4 Å². The van der Waals surface area contributed by atoms with Crippen LogP contribution in [-0.2, 0) is 4.79 Å². The Kier molecular flexibility index (Phi) is 7.97. The van der Waals surface area contributed by atoms with E-state index in [2.05, 4.69) is 10.6 Å². The van der Waals surface area contributed by atoms with Gasteiger partial charge in [0.15, 0.2) is 0 Å². The molecule has 0 atom stereocenters. The summed E-state index contributed by atoms with van der Waals surface area (Å²) >= 11 is 5.98. The van der Waals surface area contributed by atoms with Crippen LogP contribution >= 0.6 is 11.6 Å². The van der Waals surface area contributed by atoms with Gasteiger partial charge in [0.1, 0.15) is 12.4 Å². The average molecular weight is 370 g/mol. The molecule has 25 heavy (non-hydrogen) atoms. The third-order valence-electron chi connectivity index (χ3n) is 3.80. The molecule has 0 unspecified atom stereocenters. The highest BCUT2D eigenvalue weighted by molar-refractivity contribution is 6.31. The van der Waals surface area contributed by atoms with E-state index in [0.717, 1.165) is 0 Å². The van der Waals surface area contributed by atoms with E-state index in [4.69, 9.17) is 21.4 Å². The number of aliphatic hydroxyl groups is 1. The Balaban J connectivity index is 2.06. The first-order valence-electron chi connectivity index (χ1n) is 8.40. The molecular formula is C17H24ClN3O4. The number of rotatable bonds is 3. The van der Waals surface area contributed by atoms with Gasteiger partial charge < -0.3 is 20.5 Å². The molecule has 3 N–H and O–H groups in total. The zero-order valence-electron chi connectivity index (χ0n) is 14.1. The molecule has 1 aromatic rings. The van der Waals surface area contributed by atoms with Crippen LogP contribution in [0.3, 0.4) is 0 Å². The normalized spacial score (nSPS) is 17.7. The van der Waals surface area contributed by atoms with Crippen molar-refractivity contribution in [1.82, 2.24) is 15.5 Å². The monoisotopic (exact) mass is 369 g/mol. The molecule has 0 bridgehead atoms. The van der Waals surface area contributed by atoms with Gasteiger partial charge in [-0.3, -0.25) is 14.5 Å². The van der Waals surface area contributed by atoms with Crippen LogP contribution in [0.4, 0.5) is 0 Å². The van der Waals surface area contributed by atoms with E-state index in [1.807, 2.05) is 4.90 Å². The predicted octanol–water partition coefficient (Wildman–Crippen LogP) is 0.653. The fraction of sp³-hybridized carbons (Fsp3) is 0.529. The average Bonchev–Trinajstić information content (AvgIpc) is 2.60. The molecule has 8 heteroatoms. The number of amides is 2. The predicted molar refractivity (Wildman–Crippen MR) is 95.0 cm³/mol. The van der Waals surface area contributed by atoms with E-state index in [-0.39, 0.29) is 31.6 Å². The quantitative estimate of drug-likeness (QED) is 0.728. The Morgan fingerprint density at radius 3 is 2.88 bits per heavy atom. The summed E-state index contributed by atoms with van der Waals surface area (Å²) in [5.74, 6) is 0.122. The topological polar surface area (TPSA) is 90.9 Å². The van der Waals surface area contributed by atoms with Crippen LogP contribution in [0.5, 0.6) is 5.75 Å². The number of benzene rings is 1. The van der Waals surface area contributed by atoms with Crippen LogP contribution in [0.15, 0.2) is 18.2 Å². The molecule has 0 saturated carbocycles. The Morgan fingerprint density at radius 2 is 2.08 bits per heavy atom. The molecule has 2 amide bonds. The van der Waals surface area contributed by atoms with Crippen molar-refractivity contribution >= 4 is 23.4 Å². The van der Waals surface area contributed by atoms with Crippen LogP contribution in [0, 0.1) is 0 Å². The number of carbonyl (C=O) groups excluding carboxylic acids is 2. The van der Waals surface area contributed by atoms with Gasteiger partial charge in [-0.15, -0.1) is 0 Å². The second-order valence-corrected chi connectivity index (χ2v) is 6.24. The highest BCUT2D eigenvalue weighted by atomic mass is 35.5. The van der Waals surface area contributed by atoms with Gasteiger partial charge in [-0.25, -0.2) is 0 Å². The summed E-state index contributed by atoms with van der Waals surface area (Å²) in [4.78, 5) is 26.3. The van der Waals surface area contributed by atoms with Crippen molar-refractivity contribution in [2.24, 2.45) is 0 Å². The highest BCUT2D eigenvalue weighted by Gasteiger charge is 2.15. The van der Waals surface area contributed by atoms with Gasteiger partial charge in [-0.1, -0.05) is 11.6 Å². The van der Waals surface area contributed by atoms with Gasteiger partial charge in [0, 0.05) is 31.3 Å². The minimum Gasteiger partial charge on any atom is -0.491 e. The standard InChI is InChI=1S/C17H24ClN3O4/c18-13-3-4-15-14(11-13)17(24)20-5-1-7-21(8-2-9-22)12-16(23)19-6-10-25-15/h3-4,11,22H,1-2,5-10,12H2,(H,19,23)(H,20,24). The number of hydrogen-bond acceptors (Lipinski definition) is 5. The number of ether oxygens (including phenoxy) is 1. The van der Waals surface area contributed by atoms with Crippen LogP contribution < -0.4 is 15.4 Å². The number of nitrogens with one attached hydrogen (secondary N) is 2. The molecule has 1 aliphatic heterocycles. The van der Waals surface area contributed by atoms with Crippen molar-refractivity contribution in [3.05, 3.63) is 28.8 Å². The van der Waals surface area contributed by atoms with Crippen LogP contribution in [-0.4, -0.2) is 67.8 Å². The molecule has 0 spiro atoms. The lowest BCUT2D eigenvalue weighted by Gasteiger charge is -2.22. The second kappa shape index (κ2) is 10.2. The van der Waals surface area contributed by atoms with Crippen LogP contribution in [0.1, 0.15) is 23.2 Å². The van der Waals surface area contributed by atoms with E-state index < -0.39 is 0 Å². The molecule has 0 saturated heterocycles. The molecule has 1 heterocycles. The van der Waals surface area contributed by atoms with E-state index in [9.17, 15) is 9.59 Å². The summed E-state index contributed by atoms with van der Waals surface area (Å²) in [6.07, 6.45) is 1.30. The molecule has 138 valence electrons. The Hall–Kier alpha value is -1.83. The maximum Gasteiger partial charge on any atom is 0.255 e. The van der Waals surface area contributed by atoms with Crippen molar-refractivity contribution in [1.29, 1.82) is 0 Å². The van der Waals surface area contributed by atoms with Crippen molar-refractivity contribution in [3.8, 4) is 5.75 Å². The first kappa shape index (κ1) is 19.5. The SMILES string of the molecule is O=C1CN(CCCO)CCCNC(=O)c2cc(Cl)ccc2OCCN1. The highest BCUT2D eigenvalue weighted by Crippen LogP contribution is 2.23. The maximum atomic E-state index is 12.4. The lowest BCUT2D eigenvalue weighted by molar-refractivity contribution is -0.122. The Bertz CT molecular complexity index is 597. The zero-order chi connectivity index (χ0) is 18.1. The lowest BCUT2D eigenvalue weighted by atomic mass is 10.2. The summed E-state index contributed by atoms with van der Waals surface area (Å²) in [6.45, 7) is 2.71. The third-order valence-corrected chi connectivity index (χ3v) is 4.04. The van der Waals surface area contributed by atoms with Gasteiger partial charge in [0.2, 0.25) is 5.91 Å². The molecule has 1 aliphatic rings. The van der Waals surface area contributed by atoms with Crippen LogP contribution in [0.25, 0.3) is 0 Å². The van der Waals surface area contributed by atoms with Gasteiger partial charge in [-0.2, -0.15) is 0 Å². The number of nitrogens with zero attached hydrogens (tertiary/aromatic N) is 1. The summed E-state index contributed by atoms with van der Waals surface area (Å²) < 4.78 is 5.62. The lowest BCUT2D eigenvalue weighted by Crippen LogP contribution is -2.41. The van der Waals surface area contributed by atoms with E-state index in [0.29, 0.717) is 55.4 Å². The van der Waals surface area contributed by atoms with Gasteiger partial charge in [0.25, 0.3) is 5.91 Å². The number of aliphatic hydroxyl groups excluding tert-OH is 1. The number of carbonyl (C=O) groups is 2. The second-order valence-electron chi connectivity index (χ2n) is 5.80. The smallest absolute Gasteiger partial charge is 0.255 e. The van der Waals surface area contributed by atoms with Gasteiger partial charge >= 0.3 is 0 Å². The fourth-order valence-corrected chi connectivity index (χ4v) is 2.75. The number of fused-ring (bicyclic) bond motifs is 1. The van der Waals surface area contributed by atoms with Gasteiger partial charge in [0.05, 0.1) is 18.7 Å². The minimum atomic E-state index is -0.236. The van der Waals surface area contributed by atoms with Crippen molar-refractivity contribution in [2.75, 3.05) is 45.9 Å². The summed E-state index contributed by atoms with van der Waals surface area (Å²) in [5, 5.41) is 15.1. The molecule has 7 nitrogen and oxygen atoms in total. The summed E-state index contributed by atoms with van der Waals surface area (Å²) in [6, 6.07) is 4.89. The fourth-order valence-electron chi connectivity index (χ4n) is 2.58. The first-order chi connectivity index (χ1) is 12.1. The largest absolute Gasteiger partial charge is 0.491 e. The van der Waals surface area contributed by atoms with E-state index in [1.54, 1.807) is 18.2 Å². The van der Waals surface area contributed by atoms with Crippen molar-refractivity contribution in [2.45, 2.75) is 12.8 Å².